The molecule has 4 aromatic rings. The minimum absolute atomic E-state index is 0.172. The van der Waals surface area contributed by atoms with Gasteiger partial charge in [0.15, 0.2) is 26.4 Å². The van der Waals surface area contributed by atoms with Gasteiger partial charge in [0.1, 0.15) is 23.0 Å². The molecule has 5 rings (SSSR count). The van der Waals surface area contributed by atoms with Gasteiger partial charge < -0.3 is 37.9 Å². The monoisotopic (exact) mass is 1060 g/mol. The van der Waals surface area contributed by atoms with Gasteiger partial charge in [0.25, 0.3) is 0 Å². The number of ether oxygens (including phenoxy) is 8. The third kappa shape index (κ3) is 15.7. The first kappa shape index (κ1) is 58.3. The summed E-state index contributed by atoms with van der Waals surface area (Å²) in [6.07, 6.45) is 0. The Morgan fingerprint density at radius 2 is 0.472 bits per heavy atom. The molecule has 0 unspecified atom stereocenters. The second-order valence-electron chi connectivity index (χ2n) is 21.0. The van der Waals surface area contributed by atoms with E-state index in [1.165, 1.54) is 47.0 Å². The molecule has 0 saturated carbocycles. The Morgan fingerprint density at radius 3 is 0.597 bits per heavy atom. The quantitative estimate of drug-likeness (QED) is 0.0682. The lowest BCUT2D eigenvalue weighted by molar-refractivity contribution is -0.146. The van der Waals surface area contributed by atoms with Gasteiger partial charge in [0.2, 0.25) is 0 Å². The van der Waals surface area contributed by atoms with Gasteiger partial charge in [0.05, 0.1) is 65.6 Å². The number of carbonyl (C=O) groups excluding carboxylic acids is 4. The van der Waals surface area contributed by atoms with Crippen molar-refractivity contribution in [3.05, 3.63) is 70.8 Å². The van der Waals surface area contributed by atoms with Crippen LogP contribution in [-0.4, -0.2) is 76.7 Å². The van der Waals surface area contributed by atoms with E-state index in [0.29, 0.717) is 62.2 Å². The highest BCUT2D eigenvalue weighted by Crippen LogP contribution is 2.56. The molecule has 4 aromatic carbocycles. The van der Waals surface area contributed by atoms with E-state index in [4.69, 9.17) is 37.9 Å². The average molecular weight is 1070 g/mol. The standard InChI is InChI=1S/C56H72O12S4/c1-17-61-45(57)29-65-49-37-21-33(53(5,6)7)22-38(49)70-40-24-35(55(11,12)13)26-42(51(40)67-31-47(59)63-19-3)72-44-28-36(56(14,15)16)27-43(52(44)68-32-48(60)64-20-4)71-41-25-34(54(8,9)10)23-39(69-37)50(41)66-30-46(58)62-18-2/h21-28H,17-20,29-32H2,1-16H3. The van der Waals surface area contributed by atoms with Gasteiger partial charge in [-0.15, -0.1) is 0 Å². The zero-order chi connectivity index (χ0) is 53.3. The number of hydrogen-bond donors (Lipinski definition) is 0. The van der Waals surface area contributed by atoms with E-state index < -0.39 is 23.9 Å². The average Bonchev–Trinajstić information content (AvgIpc) is 3.26. The maximum atomic E-state index is 13.2. The first-order valence-electron chi connectivity index (χ1n) is 24.3. The molecule has 72 heavy (non-hydrogen) atoms. The van der Waals surface area contributed by atoms with Crippen LogP contribution >= 0.6 is 47.0 Å². The summed E-state index contributed by atoms with van der Waals surface area (Å²) in [6, 6.07) is 16.5. The van der Waals surface area contributed by atoms with Crippen LogP contribution in [-0.2, 0) is 59.8 Å². The van der Waals surface area contributed by atoms with Gasteiger partial charge in [-0.25, -0.2) is 19.2 Å². The predicted molar refractivity (Wildman–Crippen MR) is 286 cm³/mol. The Morgan fingerprint density at radius 1 is 0.319 bits per heavy atom. The van der Waals surface area contributed by atoms with E-state index in [2.05, 4.69) is 132 Å². The highest BCUT2D eigenvalue weighted by atomic mass is 32.2. The summed E-state index contributed by atoms with van der Waals surface area (Å²) in [6.45, 7) is 31.7. The Balaban J connectivity index is 2.04. The molecule has 8 bridgehead atoms. The van der Waals surface area contributed by atoms with Crippen LogP contribution in [0, 0.1) is 0 Å². The maximum Gasteiger partial charge on any atom is 0.344 e. The van der Waals surface area contributed by atoms with Gasteiger partial charge >= 0.3 is 23.9 Å². The predicted octanol–water partition coefficient (Wildman–Crippen LogP) is 13.6. The van der Waals surface area contributed by atoms with Crippen LogP contribution in [0.15, 0.2) is 87.7 Å². The van der Waals surface area contributed by atoms with E-state index in [1.807, 2.05) is 0 Å². The normalized spacial score (nSPS) is 12.9. The number of carbonyl (C=O) groups is 4. The van der Waals surface area contributed by atoms with E-state index in [-0.39, 0.29) is 74.5 Å². The van der Waals surface area contributed by atoms with Gasteiger partial charge in [-0.2, -0.15) is 0 Å². The topological polar surface area (TPSA) is 142 Å². The van der Waals surface area contributed by atoms with Crippen LogP contribution in [0.4, 0.5) is 0 Å². The van der Waals surface area contributed by atoms with Crippen molar-refractivity contribution in [1.82, 2.24) is 0 Å². The smallest absolute Gasteiger partial charge is 0.344 e. The van der Waals surface area contributed by atoms with Crippen molar-refractivity contribution >= 4 is 70.9 Å². The third-order valence-electron chi connectivity index (χ3n) is 11.0. The van der Waals surface area contributed by atoms with Crippen LogP contribution in [0.5, 0.6) is 23.0 Å². The number of rotatable bonds is 16. The van der Waals surface area contributed by atoms with Gasteiger partial charge in [0, 0.05) is 0 Å². The minimum atomic E-state index is -0.540. The Bertz CT molecular complexity index is 2160. The van der Waals surface area contributed by atoms with E-state index in [1.54, 1.807) is 27.7 Å². The number of benzene rings is 4. The van der Waals surface area contributed by atoms with Gasteiger partial charge in [-0.1, -0.05) is 130 Å². The van der Waals surface area contributed by atoms with Crippen molar-refractivity contribution in [2.24, 2.45) is 0 Å². The van der Waals surface area contributed by atoms with E-state index in [0.717, 1.165) is 22.3 Å². The molecule has 0 saturated heterocycles. The first-order valence-corrected chi connectivity index (χ1v) is 27.5. The summed E-state index contributed by atoms with van der Waals surface area (Å²) in [5.41, 5.74) is 2.35. The third-order valence-corrected chi connectivity index (χ3v) is 15.2. The Labute approximate surface area is 443 Å². The fraction of sp³-hybridized carbons (Fsp3) is 0.500. The van der Waals surface area contributed by atoms with Crippen molar-refractivity contribution in [3.8, 4) is 23.0 Å². The SMILES string of the molecule is CCOC(=O)COc1c2cc(C(C)(C)C)cc1Sc1cc(C(C)(C)C)cc(c1OCC(=O)OCC)Sc1cc(C(C)(C)C)cc(c1OCC(=O)OCC)Sc1cc(C(C)(C)C)cc(c1OCC(=O)OCC)S2. The van der Waals surface area contributed by atoms with Gasteiger partial charge in [-0.3, -0.25) is 0 Å². The summed E-state index contributed by atoms with van der Waals surface area (Å²) in [5.74, 6) is -0.525. The Kier molecular flexibility index (Phi) is 19.9. The zero-order valence-electron chi connectivity index (χ0n) is 44.8. The second kappa shape index (κ2) is 24.6. The number of fused-ring (bicyclic) bond motifs is 8. The van der Waals surface area contributed by atoms with E-state index >= 15 is 0 Å². The summed E-state index contributed by atoms with van der Waals surface area (Å²) in [7, 11) is 0. The number of hydrogen-bond acceptors (Lipinski definition) is 16. The van der Waals surface area contributed by atoms with Crippen LogP contribution in [0.2, 0.25) is 0 Å². The molecule has 0 fully saturated rings. The molecule has 12 nitrogen and oxygen atoms in total. The maximum absolute atomic E-state index is 13.2. The lowest BCUT2D eigenvalue weighted by atomic mass is 9.87. The molecule has 16 heteroatoms. The van der Waals surface area contributed by atoms with Crippen LogP contribution in [0.25, 0.3) is 0 Å². The molecule has 0 aromatic heterocycles. The van der Waals surface area contributed by atoms with Crippen LogP contribution in [0.1, 0.15) is 133 Å². The molecule has 0 N–H and O–H groups in total. The minimum Gasteiger partial charge on any atom is -0.480 e. The second-order valence-corrected chi connectivity index (χ2v) is 25.3. The van der Waals surface area contributed by atoms with Crippen molar-refractivity contribution in [1.29, 1.82) is 0 Å². The molecule has 0 radical (unpaired) electrons. The largest absolute Gasteiger partial charge is 0.480 e. The molecular formula is C56H72O12S4. The molecule has 0 atom stereocenters. The fourth-order valence-electron chi connectivity index (χ4n) is 7.02. The zero-order valence-corrected chi connectivity index (χ0v) is 48.1. The molecule has 0 amide bonds. The lowest BCUT2D eigenvalue weighted by Gasteiger charge is -2.28. The lowest BCUT2D eigenvalue weighted by Crippen LogP contribution is -2.18. The summed E-state index contributed by atoms with van der Waals surface area (Å²) < 4.78 is 48.0. The van der Waals surface area contributed by atoms with Crippen LogP contribution in [0.3, 0.4) is 0 Å². The fourth-order valence-corrected chi connectivity index (χ4v) is 11.8. The van der Waals surface area contributed by atoms with E-state index in [9.17, 15) is 19.2 Å². The highest BCUT2D eigenvalue weighted by Gasteiger charge is 2.31. The number of esters is 4. The van der Waals surface area contributed by atoms with Crippen molar-refractivity contribution in [3.63, 3.8) is 0 Å². The first-order chi connectivity index (χ1) is 33.7. The summed E-state index contributed by atoms with van der Waals surface area (Å²) >= 11 is 5.55. The summed E-state index contributed by atoms with van der Waals surface area (Å²) in [5, 5.41) is 0. The van der Waals surface area contributed by atoms with Crippen molar-refractivity contribution in [2.75, 3.05) is 52.9 Å². The van der Waals surface area contributed by atoms with Crippen LogP contribution < -0.4 is 18.9 Å². The molecule has 0 aliphatic carbocycles. The molecule has 1 aliphatic rings. The Hall–Kier alpha value is -4.64. The highest BCUT2D eigenvalue weighted by molar-refractivity contribution is 8.01. The molecule has 392 valence electrons. The molecular weight excluding hydrogens is 993 g/mol. The van der Waals surface area contributed by atoms with Crippen molar-refractivity contribution < 1.29 is 57.1 Å². The van der Waals surface area contributed by atoms with Crippen molar-refractivity contribution in [2.45, 2.75) is 172 Å². The summed E-state index contributed by atoms with van der Waals surface area (Å²) in [4.78, 5) is 58.1. The van der Waals surface area contributed by atoms with Gasteiger partial charge in [-0.05, 0) is 120 Å². The molecule has 0 spiro atoms. The molecule has 1 aliphatic heterocycles. The molecule has 1 heterocycles.